The Morgan fingerprint density at radius 3 is 2.67 bits per heavy atom. The molecular weight excluding hydrogens is 366 g/mol. The van der Waals surface area contributed by atoms with Crippen LogP contribution < -0.4 is 15.5 Å². The van der Waals surface area contributed by atoms with E-state index in [-0.39, 0.29) is 17.0 Å². The van der Waals surface area contributed by atoms with Crippen molar-refractivity contribution in [3.63, 3.8) is 0 Å². The van der Waals surface area contributed by atoms with Crippen molar-refractivity contribution in [2.45, 2.75) is 31.2 Å². The largest absolute Gasteiger partial charge is 0.367 e. The van der Waals surface area contributed by atoms with E-state index in [1.807, 2.05) is 33.3 Å². The first-order chi connectivity index (χ1) is 12.6. The van der Waals surface area contributed by atoms with Crippen LogP contribution >= 0.6 is 0 Å². The number of nitrogens with one attached hydrogen (secondary N) is 2. The smallest absolute Gasteiger partial charge is 0.319 e. The zero-order valence-corrected chi connectivity index (χ0v) is 16.8. The highest BCUT2D eigenvalue weighted by atomic mass is 32.2. The molecule has 1 fully saturated rings. The summed E-state index contributed by atoms with van der Waals surface area (Å²) in [5.41, 5.74) is 3.21. The van der Waals surface area contributed by atoms with Crippen LogP contribution in [-0.4, -0.2) is 49.6 Å². The summed E-state index contributed by atoms with van der Waals surface area (Å²) in [5.74, 6) is 0. The van der Waals surface area contributed by atoms with Crippen LogP contribution in [0.2, 0.25) is 0 Å². The van der Waals surface area contributed by atoms with Crippen molar-refractivity contribution < 1.29 is 13.2 Å². The Bertz CT molecular complexity index is 967. The van der Waals surface area contributed by atoms with Gasteiger partial charge in [-0.25, -0.2) is 13.2 Å². The predicted molar refractivity (Wildman–Crippen MR) is 105 cm³/mol. The van der Waals surface area contributed by atoms with Crippen molar-refractivity contribution in [1.29, 1.82) is 0 Å². The van der Waals surface area contributed by atoms with Gasteiger partial charge in [-0.3, -0.25) is 4.68 Å². The lowest BCUT2D eigenvalue weighted by atomic mass is 10.1. The number of benzene rings is 1. The monoisotopic (exact) mass is 391 g/mol. The van der Waals surface area contributed by atoms with Crippen molar-refractivity contribution in [3.8, 4) is 0 Å². The molecule has 2 heterocycles. The minimum Gasteiger partial charge on any atom is -0.367 e. The van der Waals surface area contributed by atoms with Crippen molar-refractivity contribution in [3.05, 3.63) is 35.7 Å². The maximum Gasteiger partial charge on any atom is 0.319 e. The van der Waals surface area contributed by atoms with Gasteiger partial charge in [0.25, 0.3) is 0 Å². The highest BCUT2D eigenvalue weighted by molar-refractivity contribution is 7.90. The number of aromatic nitrogens is 2. The number of anilines is 2. The average molecular weight is 391 g/mol. The summed E-state index contributed by atoms with van der Waals surface area (Å²) >= 11 is 0. The third-order valence-corrected chi connectivity index (χ3v) is 5.99. The molecule has 146 valence electrons. The van der Waals surface area contributed by atoms with Crippen LogP contribution in [0.1, 0.15) is 17.5 Å². The summed E-state index contributed by atoms with van der Waals surface area (Å²) in [6.07, 6.45) is 5.76. The third kappa shape index (κ3) is 4.41. The van der Waals surface area contributed by atoms with Gasteiger partial charge in [0.05, 0.1) is 16.8 Å². The van der Waals surface area contributed by atoms with Gasteiger partial charge in [-0.15, -0.1) is 0 Å². The summed E-state index contributed by atoms with van der Waals surface area (Å²) in [4.78, 5) is 14.8. The van der Waals surface area contributed by atoms with Crippen molar-refractivity contribution in [2.75, 3.05) is 29.6 Å². The molecule has 1 atom stereocenters. The summed E-state index contributed by atoms with van der Waals surface area (Å²) < 4.78 is 25.4. The van der Waals surface area contributed by atoms with Gasteiger partial charge in [0.15, 0.2) is 9.84 Å². The minimum atomic E-state index is -3.34. The van der Waals surface area contributed by atoms with Crippen molar-refractivity contribution in [2.24, 2.45) is 7.05 Å². The molecule has 2 amide bonds. The second-order valence-electron chi connectivity index (χ2n) is 7.09. The van der Waals surface area contributed by atoms with Crippen LogP contribution in [0.4, 0.5) is 16.2 Å². The lowest BCUT2D eigenvalue weighted by Crippen LogP contribution is -2.39. The molecule has 27 heavy (non-hydrogen) atoms. The molecule has 1 aliphatic rings. The fourth-order valence-electron chi connectivity index (χ4n) is 3.20. The van der Waals surface area contributed by atoms with Crippen LogP contribution in [0.5, 0.6) is 0 Å². The molecule has 0 saturated carbocycles. The molecule has 0 spiro atoms. The van der Waals surface area contributed by atoms with E-state index in [9.17, 15) is 13.2 Å². The molecule has 0 bridgehead atoms. The minimum absolute atomic E-state index is 0.0182. The number of hydrogen-bond acceptors (Lipinski definition) is 5. The number of carbonyl (C=O) groups excluding carboxylic acids is 1. The number of hydrogen-bond donors (Lipinski definition) is 2. The lowest BCUT2D eigenvalue weighted by Gasteiger charge is -2.18. The van der Waals surface area contributed by atoms with Crippen LogP contribution in [0.25, 0.3) is 0 Å². The van der Waals surface area contributed by atoms with E-state index < -0.39 is 9.84 Å². The second-order valence-corrected chi connectivity index (χ2v) is 9.10. The number of aryl methyl sites for hydroxylation is 2. The molecule has 1 aliphatic heterocycles. The van der Waals surface area contributed by atoms with E-state index >= 15 is 0 Å². The molecular formula is C18H25N5O3S. The van der Waals surface area contributed by atoms with E-state index in [4.69, 9.17) is 0 Å². The zero-order valence-electron chi connectivity index (χ0n) is 16.0. The van der Waals surface area contributed by atoms with E-state index in [0.29, 0.717) is 12.2 Å². The number of carbonyl (C=O) groups is 1. The number of amides is 2. The fraction of sp³-hybridized carbons (Fsp3) is 0.444. The van der Waals surface area contributed by atoms with Crippen LogP contribution in [0.15, 0.2) is 29.4 Å². The number of rotatable bonds is 4. The van der Waals surface area contributed by atoms with Crippen molar-refractivity contribution in [1.82, 2.24) is 15.1 Å². The quantitative estimate of drug-likeness (QED) is 0.829. The molecule has 1 unspecified atom stereocenters. The van der Waals surface area contributed by atoms with Crippen LogP contribution in [0.3, 0.4) is 0 Å². The lowest BCUT2D eigenvalue weighted by molar-refractivity contribution is 0.249. The Balaban J connectivity index is 1.65. The molecule has 0 aliphatic carbocycles. The first kappa shape index (κ1) is 19.2. The van der Waals surface area contributed by atoms with Gasteiger partial charge >= 0.3 is 6.03 Å². The van der Waals surface area contributed by atoms with Crippen LogP contribution in [0, 0.1) is 13.8 Å². The van der Waals surface area contributed by atoms with E-state index in [1.165, 1.54) is 6.07 Å². The Morgan fingerprint density at radius 2 is 2.04 bits per heavy atom. The Hall–Kier alpha value is -2.55. The normalized spacial score (nSPS) is 17.2. The van der Waals surface area contributed by atoms with Gasteiger partial charge in [-0.2, -0.15) is 5.10 Å². The standard InChI is InChI=1S/C18H25N5O3S/c1-12-7-16(27(4,25)26)8-17(13(12)2)21-18(24)20-14-5-6-23(10-14)15-9-19-22(3)11-15/h7-9,11,14H,5-6,10H2,1-4H3,(H2,20,21,24). The van der Waals surface area contributed by atoms with E-state index in [2.05, 4.69) is 20.6 Å². The molecule has 2 aromatic rings. The number of sulfone groups is 1. The Labute approximate surface area is 159 Å². The van der Waals surface area contributed by atoms with Crippen molar-refractivity contribution >= 4 is 27.2 Å². The molecule has 2 N–H and O–H groups in total. The first-order valence-electron chi connectivity index (χ1n) is 8.76. The van der Waals surface area contributed by atoms with E-state index in [1.54, 1.807) is 10.7 Å². The topological polar surface area (TPSA) is 96.3 Å². The number of nitrogens with zero attached hydrogens (tertiary/aromatic N) is 3. The summed E-state index contributed by atoms with van der Waals surface area (Å²) in [7, 11) is -1.47. The van der Waals surface area contributed by atoms with Gasteiger partial charge in [0.1, 0.15) is 0 Å². The molecule has 3 rings (SSSR count). The summed E-state index contributed by atoms with van der Waals surface area (Å²) in [5, 5.41) is 9.95. The maximum absolute atomic E-state index is 12.4. The van der Waals surface area contributed by atoms with Gasteiger partial charge in [0.2, 0.25) is 0 Å². The Kier molecular flexibility index (Phi) is 5.14. The van der Waals surface area contributed by atoms with Gasteiger partial charge < -0.3 is 15.5 Å². The maximum atomic E-state index is 12.4. The summed E-state index contributed by atoms with van der Waals surface area (Å²) in [6, 6.07) is 2.82. The van der Waals surface area contributed by atoms with Crippen LogP contribution in [-0.2, 0) is 16.9 Å². The Morgan fingerprint density at radius 1 is 1.30 bits per heavy atom. The third-order valence-electron chi connectivity index (χ3n) is 4.90. The SMILES string of the molecule is Cc1cc(S(C)(=O)=O)cc(NC(=O)NC2CCN(c3cnn(C)c3)C2)c1C. The van der Waals surface area contributed by atoms with Gasteiger partial charge in [-0.05, 0) is 43.5 Å². The van der Waals surface area contributed by atoms with Gasteiger partial charge in [0, 0.05) is 44.3 Å². The molecule has 8 nitrogen and oxygen atoms in total. The molecule has 0 radical (unpaired) electrons. The highest BCUT2D eigenvalue weighted by Gasteiger charge is 2.25. The fourth-order valence-corrected chi connectivity index (χ4v) is 3.92. The van der Waals surface area contributed by atoms with Gasteiger partial charge in [-0.1, -0.05) is 0 Å². The highest BCUT2D eigenvalue weighted by Crippen LogP contribution is 2.24. The molecule has 1 aromatic carbocycles. The predicted octanol–water partition coefficient (Wildman–Crippen LogP) is 1.84. The molecule has 9 heteroatoms. The van der Waals surface area contributed by atoms with E-state index in [0.717, 1.165) is 36.0 Å². The second kappa shape index (κ2) is 7.22. The molecule has 1 aromatic heterocycles. The average Bonchev–Trinajstić information content (AvgIpc) is 3.19. The zero-order chi connectivity index (χ0) is 19.8. The molecule has 1 saturated heterocycles. The number of urea groups is 1. The summed E-state index contributed by atoms with van der Waals surface area (Å²) in [6.45, 7) is 5.24. The first-order valence-corrected chi connectivity index (χ1v) is 10.6.